The topological polar surface area (TPSA) is 20.3 Å². The second-order valence-electron chi connectivity index (χ2n) is 5.12. The van der Waals surface area contributed by atoms with E-state index in [1.54, 1.807) is 17.0 Å². The van der Waals surface area contributed by atoms with E-state index in [0.717, 1.165) is 5.56 Å². The van der Waals surface area contributed by atoms with E-state index < -0.39 is 5.54 Å². The Balaban J connectivity index is 2.72. The minimum absolute atomic E-state index is 0.119. The molecular weight excluding hydrogens is 317 g/mol. The molecule has 0 radical (unpaired) electrons. The minimum atomic E-state index is -1.15. The smallest absolute Gasteiger partial charge is 0.193 e. The van der Waals surface area contributed by atoms with Crippen molar-refractivity contribution in [2.45, 2.75) is 5.54 Å². The average molecular weight is 334 g/mol. The molecule has 0 aliphatic carbocycles. The molecule has 2 nitrogen and oxygen atoms in total. The summed E-state index contributed by atoms with van der Waals surface area (Å²) in [5, 5.41) is 0.263. The van der Waals surface area contributed by atoms with Crippen molar-refractivity contribution in [2.24, 2.45) is 0 Å². The fourth-order valence-corrected chi connectivity index (χ4v) is 3.13. The largest absolute Gasteiger partial charge is 0.291 e. The van der Waals surface area contributed by atoms with Gasteiger partial charge in [0, 0.05) is 11.1 Å². The van der Waals surface area contributed by atoms with Crippen molar-refractivity contribution in [1.29, 1.82) is 0 Å². The number of halogens is 2. The summed E-state index contributed by atoms with van der Waals surface area (Å²) in [5.74, 6) is -0.119. The quantitative estimate of drug-likeness (QED) is 0.742. The van der Waals surface area contributed by atoms with Gasteiger partial charge in [-0.25, -0.2) is 0 Å². The molecule has 2 aromatic rings. The predicted molar refractivity (Wildman–Crippen MR) is 92.4 cm³/mol. The van der Waals surface area contributed by atoms with Crippen molar-refractivity contribution in [3.63, 3.8) is 0 Å². The maximum absolute atomic E-state index is 13.3. The summed E-state index contributed by atoms with van der Waals surface area (Å²) >= 11 is 12.3. The van der Waals surface area contributed by atoms with Crippen LogP contribution >= 0.6 is 23.2 Å². The van der Waals surface area contributed by atoms with Crippen LogP contribution in [0, 0.1) is 0 Å². The molecule has 0 saturated carbocycles. The molecule has 1 atom stereocenters. The van der Waals surface area contributed by atoms with Gasteiger partial charge in [-0.2, -0.15) is 0 Å². The van der Waals surface area contributed by atoms with Gasteiger partial charge in [-0.1, -0.05) is 83.9 Å². The minimum Gasteiger partial charge on any atom is -0.291 e. The van der Waals surface area contributed by atoms with Gasteiger partial charge in [-0.05, 0) is 19.7 Å². The molecule has 2 aromatic carbocycles. The average Bonchev–Trinajstić information content (AvgIpc) is 2.56. The standard InChI is InChI=1S/C18H17Cl2NO/c1-21(2)18(16(20)13-19,15-11-7-4-8-12-15)17(22)14-9-5-3-6-10-14/h3-13H,1-2H3/b16-13+. The zero-order valence-corrected chi connectivity index (χ0v) is 14.0. The van der Waals surface area contributed by atoms with E-state index in [1.165, 1.54) is 5.54 Å². The number of hydrogen-bond acceptors (Lipinski definition) is 2. The van der Waals surface area contributed by atoms with Crippen LogP contribution in [-0.4, -0.2) is 24.8 Å². The Hall–Kier alpha value is -1.61. The second kappa shape index (κ2) is 7.10. The van der Waals surface area contributed by atoms with E-state index in [9.17, 15) is 4.79 Å². The van der Waals surface area contributed by atoms with Gasteiger partial charge in [-0.3, -0.25) is 9.69 Å². The Kier molecular flexibility index (Phi) is 5.41. The molecule has 1 unspecified atom stereocenters. The first-order chi connectivity index (χ1) is 10.5. The van der Waals surface area contributed by atoms with Gasteiger partial charge < -0.3 is 0 Å². The third kappa shape index (κ3) is 2.82. The molecular formula is C18H17Cl2NO. The molecule has 0 aliphatic heterocycles. The van der Waals surface area contributed by atoms with Crippen LogP contribution in [0.15, 0.2) is 71.2 Å². The molecule has 4 heteroatoms. The third-order valence-electron chi connectivity index (χ3n) is 3.67. The number of likely N-dealkylation sites (N-methyl/N-ethyl adjacent to an activating group) is 1. The van der Waals surface area contributed by atoms with E-state index in [4.69, 9.17) is 23.2 Å². The molecule has 0 amide bonds. The number of ketones is 1. The van der Waals surface area contributed by atoms with E-state index >= 15 is 0 Å². The van der Waals surface area contributed by atoms with Crippen molar-refractivity contribution in [2.75, 3.05) is 14.1 Å². The van der Waals surface area contributed by atoms with E-state index in [-0.39, 0.29) is 10.8 Å². The summed E-state index contributed by atoms with van der Waals surface area (Å²) < 4.78 is 0. The highest BCUT2D eigenvalue weighted by Crippen LogP contribution is 2.40. The molecule has 0 fully saturated rings. The Bertz CT molecular complexity index is 668. The monoisotopic (exact) mass is 333 g/mol. The summed E-state index contributed by atoms with van der Waals surface area (Å²) in [5.41, 5.74) is 1.47. The summed E-state index contributed by atoms with van der Waals surface area (Å²) in [7, 11) is 3.63. The van der Waals surface area contributed by atoms with Gasteiger partial charge >= 0.3 is 0 Å². The van der Waals surface area contributed by atoms with Crippen molar-refractivity contribution in [3.8, 4) is 0 Å². The van der Waals surface area contributed by atoms with Crippen LogP contribution in [0.2, 0.25) is 0 Å². The van der Waals surface area contributed by atoms with Crippen LogP contribution in [0.25, 0.3) is 0 Å². The normalized spacial score (nSPS) is 14.7. The SMILES string of the molecule is CN(C)C(C(=O)c1ccccc1)(/C(Cl)=C\Cl)c1ccccc1. The number of carbonyl (C=O) groups is 1. The van der Waals surface area contributed by atoms with Gasteiger partial charge in [0.25, 0.3) is 0 Å². The Morgan fingerprint density at radius 1 is 1.00 bits per heavy atom. The number of carbonyl (C=O) groups excluding carboxylic acids is 1. The number of nitrogens with zero attached hydrogens (tertiary/aromatic N) is 1. The molecule has 0 aromatic heterocycles. The predicted octanol–water partition coefficient (Wildman–Crippen LogP) is 4.65. The molecule has 22 heavy (non-hydrogen) atoms. The van der Waals surface area contributed by atoms with Crippen LogP contribution in [0.4, 0.5) is 0 Å². The van der Waals surface area contributed by atoms with E-state index in [0.29, 0.717) is 5.56 Å². The Labute approximate surface area is 141 Å². The number of benzene rings is 2. The van der Waals surface area contributed by atoms with E-state index in [2.05, 4.69) is 0 Å². The summed E-state index contributed by atoms with van der Waals surface area (Å²) in [6.07, 6.45) is 0. The summed E-state index contributed by atoms with van der Waals surface area (Å²) in [6.45, 7) is 0. The zero-order chi connectivity index (χ0) is 16.2. The lowest BCUT2D eigenvalue weighted by molar-refractivity contribution is 0.0763. The van der Waals surface area contributed by atoms with Gasteiger partial charge in [0.2, 0.25) is 0 Å². The van der Waals surface area contributed by atoms with E-state index in [1.807, 2.05) is 62.6 Å². The fraction of sp³-hybridized carbons (Fsp3) is 0.167. The zero-order valence-electron chi connectivity index (χ0n) is 12.5. The van der Waals surface area contributed by atoms with Crippen LogP contribution in [0.5, 0.6) is 0 Å². The van der Waals surface area contributed by atoms with Gasteiger partial charge in [0.15, 0.2) is 5.78 Å². The van der Waals surface area contributed by atoms with Crippen molar-refractivity contribution >= 4 is 29.0 Å². The van der Waals surface area contributed by atoms with Crippen LogP contribution in [0.3, 0.4) is 0 Å². The molecule has 0 spiro atoms. The highest BCUT2D eigenvalue weighted by atomic mass is 35.5. The fourth-order valence-electron chi connectivity index (χ4n) is 2.61. The molecule has 0 bridgehead atoms. The lowest BCUT2D eigenvalue weighted by Crippen LogP contribution is -2.48. The van der Waals surface area contributed by atoms with Crippen molar-refractivity contribution in [3.05, 3.63) is 82.4 Å². The summed E-state index contributed by atoms with van der Waals surface area (Å²) in [6, 6.07) is 18.5. The maximum Gasteiger partial charge on any atom is 0.193 e. The van der Waals surface area contributed by atoms with Gasteiger partial charge in [-0.15, -0.1) is 0 Å². The molecule has 114 valence electrons. The number of hydrogen-bond donors (Lipinski definition) is 0. The van der Waals surface area contributed by atoms with Gasteiger partial charge in [0.1, 0.15) is 5.54 Å². The van der Waals surface area contributed by atoms with Crippen molar-refractivity contribution in [1.82, 2.24) is 4.90 Å². The molecule has 0 aliphatic rings. The Morgan fingerprint density at radius 2 is 1.50 bits per heavy atom. The Morgan fingerprint density at radius 3 is 1.95 bits per heavy atom. The first-order valence-corrected chi connectivity index (χ1v) is 7.65. The number of rotatable bonds is 5. The number of Topliss-reactive ketones (excluding diaryl/α,β-unsaturated/α-hetero) is 1. The van der Waals surface area contributed by atoms with Crippen LogP contribution < -0.4 is 0 Å². The third-order valence-corrected chi connectivity index (χ3v) is 4.38. The summed E-state index contributed by atoms with van der Waals surface area (Å²) in [4.78, 5) is 15.1. The first kappa shape index (κ1) is 16.8. The van der Waals surface area contributed by atoms with Gasteiger partial charge in [0.05, 0.1) is 5.03 Å². The highest BCUT2D eigenvalue weighted by Gasteiger charge is 2.45. The molecule has 0 heterocycles. The molecule has 0 N–H and O–H groups in total. The molecule has 0 saturated heterocycles. The highest BCUT2D eigenvalue weighted by molar-refractivity contribution is 6.39. The van der Waals surface area contributed by atoms with Crippen molar-refractivity contribution < 1.29 is 4.79 Å². The van der Waals surface area contributed by atoms with Crippen LogP contribution in [0.1, 0.15) is 15.9 Å². The maximum atomic E-state index is 13.3. The second-order valence-corrected chi connectivity index (χ2v) is 5.75. The van der Waals surface area contributed by atoms with Crippen LogP contribution in [-0.2, 0) is 5.54 Å². The lowest BCUT2D eigenvalue weighted by atomic mass is 9.81. The first-order valence-electron chi connectivity index (χ1n) is 6.84. The molecule has 2 rings (SSSR count). The lowest BCUT2D eigenvalue weighted by Gasteiger charge is -2.38.